The maximum atomic E-state index is 14.3. The first-order chi connectivity index (χ1) is 18.0. The van der Waals surface area contributed by atoms with Crippen molar-refractivity contribution in [3.05, 3.63) is 101 Å². The van der Waals surface area contributed by atoms with E-state index in [1.165, 1.54) is 17.0 Å². The molecular formula is C28H20FN3O5. The molecule has 2 heterocycles. The van der Waals surface area contributed by atoms with E-state index in [1.54, 1.807) is 24.3 Å². The maximum absolute atomic E-state index is 14.3. The minimum atomic E-state index is -0.555. The molecule has 0 spiro atoms. The molecule has 0 aliphatic carbocycles. The molecule has 37 heavy (non-hydrogen) atoms. The minimum absolute atomic E-state index is 0.00728. The van der Waals surface area contributed by atoms with Crippen molar-refractivity contribution in [3.8, 4) is 5.75 Å². The molecule has 4 aromatic carbocycles. The smallest absolute Gasteiger partial charge is 0.281 e. The average molecular weight is 497 g/mol. The minimum Gasteiger partial charge on any atom is -0.467 e. The van der Waals surface area contributed by atoms with E-state index < -0.39 is 11.7 Å². The highest BCUT2D eigenvalue weighted by molar-refractivity contribution is 6.54. The molecule has 0 aromatic heterocycles. The Hall–Kier alpha value is -4.76. The molecule has 0 radical (unpaired) electrons. The molecule has 4 aromatic rings. The molecule has 0 fully saturated rings. The van der Waals surface area contributed by atoms with Crippen LogP contribution in [0.15, 0.2) is 78.0 Å². The molecule has 9 heteroatoms. The number of carbonyl (C=O) groups excluding carboxylic acids is 2. The van der Waals surface area contributed by atoms with Gasteiger partial charge in [-0.3, -0.25) is 9.59 Å². The Morgan fingerprint density at radius 1 is 1.08 bits per heavy atom. The summed E-state index contributed by atoms with van der Waals surface area (Å²) in [6.45, 7) is 0.222. The van der Waals surface area contributed by atoms with Gasteiger partial charge in [-0.05, 0) is 47.2 Å². The molecular weight excluding hydrogens is 477 g/mol. The van der Waals surface area contributed by atoms with E-state index in [4.69, 9.17) is 9.47 Å². The van der Waals surface area contributed by atoms with Gasteiger partial charge >= 0.3 is 0 Å². The van der Waals surface area contributed by atoms with E-state index in [2.05, 4.69) is 10.5 Å². The second kappa shape index (κ2) is 9.03. The highest BCUT2D eigenvalue weighted by atomic mass is 19.1. The van der Waals surface area contributed by atoms with Crippen LogP contribution >= 0.6 is 0 Å². The van der Waals surface area contributed by atoms with Crippen molar-refractivity contribution in [1.29, 1.82) is 0 Å². The first-order valence-corrected chi connectivity index (χ1v) is 11.5. The van der Waals surface area contributed by atoms with Crippen LogP contribution in [0.3, 0.4) is 0 Å². The largest absolute Gasteiger partial charge is 0.467 e. The summed E-state index contributed by atoms with van der Waals surface area (Å²) >= 11 is 0. The van der Waals surface area contributed by atoms with Gasteiger partial charge in [0.15, 0.2) is 12.5 Å². The van der Waals surface area contributed by atoms with Crippen LogP contribution in [0.4, 0.5) is 15.8 Å². The standard InChI is InChI=1S/C28H20FN3O5/c29-19-10-17(26-18(11-19)14-36-15-37-26)13-32-24-9-8-20(12-23(24)25(31-35)28(32)34)30-27(33)22-7-3-5-16-4-1-2-6-21(16)22/h1-12,35H,13-15H2,(H,30,33)/b31-25-. The number of nitrogens with one attached hydrogen (secondary N) is 1. The number of rotatable bonds is 4. The van der Waals surface area contributed by atoms with E-state index in [1.807, 2.05) is 36.4 Å². The highest BCUT2D eigenvalue weighted by Crippen LogP contribution is 2.36. The van der Waals surface area contributed by atoms with Crippen molar-refractivity contribution in [3.63, 3.8) is 0 Å². The normalized spacial score (nSPS) is 15.4. The fourth-order valence-electron chi connectivity index (χ4n) is 4.81. The van der Waals surface area contributed by atoms with Crippen molar-refractivity contribution in [2.75, 3.05) is 17.0 Å². The molecule has 2 amide bonds. The molecule has 0 bridgehead atoms. The second-order valence-electron chi connectivity index (χ2n) is 8.72. The summed E-state index contributed by atoms with van der Waals surface area (Å²) in [7, 11) is 0. The van der Waals surface area contributed by atoms with Crippen LogP contribution in [0.25, 0.3) is 10.8 Å². The highest BCUT2D eigenvalue weighted by Gasteiger charge is 2.36. The van der Waals surface area contributed by atoms with Crippen LogP contribution in [-0.4, -0.2) is 29.5 Å². The first kappa shape index (κ1) is 22.7. The summed E-state index contributed by atoms with van der Waals surface area (Å²) < 4.78 is 25.1. The number of oxime groups is 1. The van der Waals surface area contributed by atoms with Gasteiger partial charge in [0.25, 0.3) is 11.8 Å². The number of benzene rings is 4. The van der Waals surface area contributed by atoms with Gasteiger partial charge in [0.1, 0.15) is 11.6 Å². The Labute approximate surface area is 210 Å². The van der Waals surface area contributed by atoms with E-state index in [-0.39, 0.29) is 31.6 Å². The number of halogens is 1. The topological polar surface area (TPSA) is 100 Å². The molecule has 0 saturated carbocycles. The molecule has 184 valence electrons. The lowest BCUT2D eigenvalue weighted by atomic mass is 10.0. The fourth-order valence-corrected chi connectivity index (χ4v) is 4.81. The Morgan fingerprint density at radius 2 is 1.92 bits per heavy atom. The van der Waals surface area contributed by atoms with Gasteiger partial charge in [0.05, 0.1) is 18.8 Å². The number of hydrogen-bond acceptors (Lipinski definition) is 6. The molecule has 0 unspecified atom stereocenters. The van der Waals surface area contributed by atoms with E-state index in [0.29, 0.717) is 39.4 Å². The Bertz CT molecular complexity index is 1610. The fraction of sp³-hybridized carbons (Fsp3) is 0.107. The third-order valence-corrected chi connectivity index (χ3v) is 6.46. The van der Waals surface area contributed by atoms with Crippen LogP contribution in [0.2, 0.25) is 0 Å². The quantitative estimate of drug-likeness (QED) is 0.311. The van der Waals surface area contributed by atoms with Gasteiger partial charge < -0.3 is 24.9 Å². The third kappa shape index (κ3) is 3.95. The summed E-state index contributed by atoms with van der Waals surface area (Å²) in [5.74, 6) is -0.876. The van der Waals surface area contributed by atoms with Gasteiger partial charge in [-0.2, -0.15) is 0 Å². The Balaban J connectivity index is 1.32. The van der Waals surface area contributed by atoms with Gasteiger partial charge in [-0.15, -0.1) is 0 Å². The lowest BCUT2D eigenvalue weighted by molar-refractivity contribution is -0.112. The summed E-state index contributed by atoms with van der Waals surface area (Å²) in [5, 5.41) is 17.5. The van der Waals surface area contributed by atoms with Gasteiger partial charge in [-0.1, -0.05) is 41.6 Å². The van der Waals surface area contributed by atoms with Crippen LogP contribution < -0.4 is 15.0 Å². The maximum Gasteiger partial charge on any atom is 0.281 e. The number of ether oxygens (including phenoxy) is 2. The molecule has 2 aliphatic heterocycles. The predicted molar refractivity (Wildman–Crippen MR) is 135 cm³/mol. The third-order valence-electron chi connectivity index (χ3n) is 6.46. The number of amides is 2. The lowest BCUT2D eigenvalue weighted by Crippen LogP contribution is -2.30. The van der Waals surface area contributed by atoms with Crippen molar-refractivity contribution in [1.82, 2.24) is 0 Å². The monoisotopic (exact) mass is 497 g/mol. The van der Waals surface area contributed by atoms with E-state index in [9.17, 15) is 19.2 Å². The Morgan fingerprint density at radius 3 is 2.78 bits per heavy atom. The zero-order valence-electron chi connectivity index (χ0n) is 19.4. The molecule has 0 atom stereocenters. The van der Waals surface area contributed by atoms with Gasteiger partial charge in [0, 0.05) is 27.9 Å². The van der Waals surface area contributed by atoms with Gasteiger partial charge in [0.2, 0.25) is 0 Å². The molecule has 6 rings (SSSR count). The summed E-state index contributed by atoms with van der Waals surface area (Å²) in [4.78, 5) is 27.6. The Kier molecular flexibility index (Phi) is 5.54. The molecule has 0 saturated heterocycles. The van der Waals surface area contributed by atoms with Crippen LogP contribution in [0, 0.1) is 5.82 Å². The summed E-state index contributed by atoms with van der Waals surface area (Å²) in [6.07, 6.45) is 0. The van der Waals surface area contributed by atoms with Crippen LogP contribution in [-0.2, 0) is 22.7 Å². The average Bonchev–Trinajstić information content (AvgIpc) is 3.17. The molecule has 2 N–H and O–H groups in total. The number of carbonyl (C=O) groups is 2. The SMILES string of the molecule is O=C(Nc1ccc2c(c1)/C(=N/O)C(=O)N2Cc1cc(F)cc2c1OCOC2)c1cccc2ccccc12. The lowest BCUT2D eigenvalue weighted by Gasteiger charge is -2.24. The van der Waals surface area contributed by atoms with Crippen molar-refractivity contribution >= 4 is 39.7 Å². The van der Waals surface area contributed by atoms with Crippen LogP contribution in [0.1, 0.15) is 27.0 Å². The predicted octanol–water partition coefficient (Wildman–Crippen LogP) is 4.82. The zero-order chi connectivity index (χ0) is 25.5. The van der Waals surface area contributed by atoms with Crippen LogP contribution in [0.5, 0.6) is 5.75 Å². The van der Waals surface area contributed by atoms with Crippen molar-refractivity contribution < 1.29 is 28.7 Å². The van der Waals surface area contributed by atoms with Crippen molar-refractivity contribution in [2.45, 2.75) is 13.2 Å². The number of nitrogens with zero attached hydrogens (tertiary/aromatic N) is 2. The van der Waals surface area contributed by atoms with E-state index >= 15 is 0 Å². The van der Waals surface area contributed by atoms with Crippen molar-refractivity contribution in [2.24, 2.45) is 5.16 Å². The zero-order valence-corrected chi connectivity index (χ0v) is 19.4. The van der Waals surface area contributed by atoms with E-state index in [0.717, 1.165) is 10.8 Å². The molecule has 8 nitrogen and oxygen atoms in total. The van der Waals surface area contributed by atoms with Gasteiger partial charge in [-0.25, -0.2) is 4.39 Å². The summed E-state index contributed by atoms with van der Waals surface area (Å²) in [5.41, 5.74) is 2.58. The number of anilines is 2. The number of fused-ring (bicyclic) bond motifs is 3. The second-order valence-corrected chi connectivity index (χ2v) is 8.72. The first-order valence-electron chi connectivity index (χ1n) is 11.5. The summed E-state index contributed by atoms with van der Waals surface area (Å²) in [6, 6.07) is 20.6. The number of hydrogen-bond donors (Lipinski definition) is 2. The molecule has 2 aliphatic rings.